The van der Waals surface area contributed by atoms with Gasteiger partial charge in [0.05, 0.1) is 0 Å². The highest BCUT2D eigenvalue weighted by Gasteiger charge is 2.39. The molecule has 0 aliphatic rings. The van der Waals surface area contributed by atoms with E-state index >= 15 is 0 Å². The normalized spacial score (nSPS) is 11.9. The Kier molecular flexibility index (Phi) is 41.8. The van der Waals surface area contributed by atoms with Crippen molar-refractivity contribution in [3.8, 4) is 0 Å². The SMILES string of the molecule is CCCCCCCCCCCCCCCCCCCCCCCC(=O)NCCC(=O)N[C@@H](CCCN=C(N)N)C(=O)N[C@@H](CCCN=C(N)N)C(N)=O.O=C(O)C(F)(F)F.O=C(O)C(F)(F)F. The van der Waals surface area contributed by atoms with Gasteiger partial charge in [0.2, 0.25) is 23.6 Å². The van der Waals surface area contributed by atoms with E-state index in [1.807, 2.05) is 0 Å². The van der Waals surface area contributed by atoms with Crippen molar-refractivity contribution in [2.75, 3.05) is 19.6 Å². The van der Waals surface area contributed by atoms with Crippen LogP contribution in [0, 0.1) is 0 Å². The predicted octanol–water partition coefficient (Wildman–Crippen LogP) is 5.92. The third-order valence-corrected chi connectivity index (χ3v) is 9.87. The smallest absolute Gasteiger partial charge is 0.475 e. The van der Waals surface area contributed by atoms with Crippen LogP contribution in [0.2, 0.25) is 0 Å². The van der Waals surface area contributed by atoms with Crippen molar-refractivity contribution in [1.29, 1.82) is 0 Å². The molecular weight excluding hydrogens is 899 g/mol. The molecule has 392 valence electrons. The first-order chi connectivity index (χ1) is 31.4. The topological polar surface area (TPSA) is 334 Å². The van der Waals surface area contributed by atoms with Crippen LogP contribution in [0.1, 0.15) is 180 Å². The summed E-state index contributed by atoms with van der Waals surface area (Å²) in [4.78, 5) is 75.6. The molecule has 0 aromatic rings. The summed E-state index contributed by atoms with van der Waals surface area (Å²) in [5, 5.41) is 22.3. The van der Waals surface area contributed by atoms with E-state index in [0.717, 1.165) is 19.3 Å². The Bertz CT molecular complexity index is 1390. The molecule has 4 amide bonds. The molecule has 15 N–H and O–H groups in total. The molecule has 67 heavy (non-hydrogen) atoms. The highest BCUT2D eigenvalue weighted by atomic mass is 19.4. The van der Waals surface area contributed by atoms with Gasteiger partial charge < -0.3 is 54.8 Å². The fourth-order valence-electron chi connectivity index (χ4n) is 6.22. The molecule has 0 aromatic heterocycles. The number of carbonyl (C=O) groups is 6. The van der Waals surface area contributed by atoms with E-state index in [0.29, 0.717) is 19.3 Å². The summed E-state index contributed by atoms with van der Waals surface area (Å²) >= 11 is 0. The molecule has 0 unspecified atom stereocenters. The summed E-state index contributed by atoms with van der Waals surface area (Å²) in [5.41, 5.74) is 26.9. The number of guanidine groups is 2. The van der Waals surface area contributed by atoms with E-state index in [1.54, 1.807) is 0 Å². The molecule has 0 fully saturated rings. The average Bonchev–Trinajstić information content (AvgIpc) is 3.23. The third kappa shape index (κ3) is 48.7. The highest BCUT2D eigenvalue weighted by molar-refractivity contribution is 5.91. The van der Waals surface area contributed by atoms with Gasteiger partial charge in [-0.25, -0.2) is 9.59 Å². The van der Waals surface area contributed by atoms with Crippen LogP contribution in [-0.2, 0) is 28.8 Å². The van der Waals surface area contributed by atoms with E-state index in [-0.39, 0.29) is 56.7 Å². The van der Waals surface area contributed by atoms with E-state index in [4.69, 9.17) is 48.5 Å². The maximum atomic E-state index is 13.0. The summed E-state index contributed by atoms with van der Waals surface area (Å²) in [5.74, 6) is -7.45. The first kappa shape index (κ1) is 66.2. The minimum atomic E-state index is -5.08. The number of halogens is 6. The van der Waals surface area contributed by atoms with Crippen molar-refractivity contribution in [3.05, 3.63) is 0 Å². The van der Waals surface area contributed by atoms with Crippen LogP contribution in [0.15, 0.2) is 9.98 Å². The van der Waals surface area contributed by atoms with Crippen molar-refractivity contribution in [2.24, 2.45) is 38.7 Å². The van der Waals surface area contributed by atoms with Gasteiger partial charge in [-0.1, -0.05) is 135 Å². The lowest BCUT2D eigenvalue weighted by molar-refractivity contribution is -0.193. The van der Waals surface area contributed by atoms with Gasteiger partial charge in [0.15, 0.2) is 11.9 Å². The van der Waals surface area contributed by atoms with Gasteiger partial charge in [-0.3, -0.25) is 29.2 Å². The minimum absolute atomic E-state index is 0.000489. The molecule has 18 nitrogen and oxygen atoms in total. The van der Waals surface area contributed by atoms with Crippen molar-refractivity contribution >= 4 is 47.5 Å². The minimum Gasteiger partial charge on any atom is -0.475 e. The Balaban J connectivity index is -0.00000251. The van der Waals surface area contributed by atoms with Crippen LogP contribution < -0.4 is 44.6 Å². The van der Waals surface area contributed by atoms with Gasteiger partial charge in [0, 0.05) is 32.5 Å². The summed E-state index contributed by atoms with van der Waals surface area (Å²) < 4.78 is 63.5. The van der Waals surface area contributed by atoms with Gasteiger partial charge in [-0.05, 0) is 32.1 Å². The number of nitrogens with one attached hydrogen (secondary N) is 3. The zero-order chi connectivity index (χ0) is 51.5. The molecule has 0 aliphatic carbocycles. The lowest BCUT2D eigenvalue weighted by atomic mass is 10.0. The maximum Gasteiger partial charge on any atom is 0.490 e. The van der Waals surface area contributed by atoms with Crippen LogP contribution in [0.5, 0.6) is 0 Å². The molecule has 0 rings (SSSR count). The number of hydrogen-bond donors (Lipinski definition) is 10. The van der Waals surface area contributed by atoms with Crippen molar-refractivity contribution in [3.63, 3.8) is 0 Å². The number of carboxylic acids is 2. The summed E-state index contributed by atoms with van der Waals surface area (Å²) in [6, 6.07) is -1.92. The standard InChI is InChI=1S/C39H78N10O4.2C2HF3O2/c1-2-3-4-5-6-7-8-9-10-11-12-13-14-15-16-17-18-19-20-21-22-27-34(50)45-31-28-35(51)48-33(26-24-30-47-39(43)44)37(53)49-32(36(40)52)25-23-29-46-38(41)42;2*3-2(4,5)1(6)7/h32-33H,2-31H2,1H3,(H2,40,52)(H,45,50)(H,48,51)(H,49,53)(H4,41,42,46)(H4,43,44,47);2*(H,6,7)/t32-,33-;;/m0../s1. The zero-order valence-corrected chi connectivity index (χ0v) is 39.3. The largest absolute Gasteiger partial charge is 0.490 e. The summed E-state index contributed by atoms with van der Waals surface area (Å²) in [6.45, 7) is 2.96. The van der Waals surface area contributed by atoms with Gasteiger partial charge in [0.1, 0.15) is 12.1 Å². The van der Waals surface area contributed by atoms with Gasteiger partial charge in [-0.2, -0.15) is 26.3 Å². The van der Waals surface area contributed by atoms with Crippen LogP contribution in [0.25, 0.3) is 0 Å². The monoisotopic (exact) mass is 979 g/mol. The Labute approximate surface area is 391 Å². The van der Waals surface area contributed by atoms with Crippen molar-refractivity contribution < 1.29 is 65.3 Å². The van der Waals surface area contributed by atoms with Crippen LogP contribution in [0.4, 0.5) is 26.3 Å². The molecule has 0 bridgehead atoms. The van der Waals surface area contributed by atoms with Crippen molar-refractivity contribution in [2.45, 2.75) is 205 Å². The molecule has 24 heteroatoms. The fourth-order valence-corrected chi connectivity index (χ4v) is 6.22. The number of amides is 4. The maximum absolute atomic E-state index is 13.0. The van der Waals surface area contributed by atoms with E-state index in [1.165, 1.54) is 116 Å². The predicted molar refractivity (Wildman–Crippen MR) is 245 cm³/mol. The number of rotatable bonds is 37. The Morgan fingerprint density at radius 1 is 0.478 bits per heavy atom. The first-order valence-corrected chi connectivity index (χ1v) is 23.3. The zero-order valence-electron chi connectivity index (χ0n) is 39.3. The molecule has 0 radical (unpaired) electrons. The second kappa shape index (κ2) is 42.3. The Morgan fingerprint density at radius 2 is 0.806 bits per heavy atom. The molecular formula is C43H80F6N10O8. The van der Waals surface area contributed by atoms with Gasteiger partial charge in [0.25, 0.3) is 0 Å². The van der Waals surface area contributed by atoms with Gasteiger partial charge >= 0.3 is 24.3 Å². The molecule has 0 saturated heterocycles. The number of primary amides is 1. The number of hydrogen-bond acceptors (Lipinski definition) is 8. The molecule has 0 aliphatic heterocycles. The molecule has 2 atom stereocenters. The Morgan fingerprint density at radius 3 is 1.12 bits per heavy atom. The number of carbonyl (C=O) groups excluding carboxylic acids is 4. The Hall–Kier alpha value is -5.06. The fraction of sp³-hybridized carbons (Fsp3) is 0.814. The third-order valence-electron chi connectivity index (χ3n) is 9.87. The van der Waals surface area contributed by atoms with E-state index in [9.17, 15) is 45.5 Å². The quantitative estimate of drug-likeness (QED) is 0.0150. The van der Waals surface area contributed by atoms with Gasteiger partial charge in [-0.15, -0.1) is 0 Å². The van der Waals surface area contributed by atoms with E-state index in [2.05, 4.69) is 32.9 Å². The highest BCUT2D eigenvalue weighted by Crippen LogP contribution is 2.16. The summed E-state index contributed by atoms with van der Waals surface area (Å²) in [6.07, 6.45) is 19.1. The molecule has 0 heterocycles. The molecule has 0 saturated carbocycles. The number of unbranched alkanes of at least 4 members (excludes halogenated alkanes) is 20. The van der Waals surface area contributed by atoms with Crippen LogP contribution in [-0.4, -0.2) is 102 Å². The lowest BCUT2D eigenvalue weighted by Gasteiger charge is -2.22. The lowest BCUT2D eigenvalue weighted by Crippen LogP contribution is -2.53. The number of carboxylic acid groups (broad SMARTS) is 2. The number of aliphatic imine (C=N–C) groups is 2. The number of alkyl halides is 6. The number of nitrogens with two attached hydrogens (primary N) is 5. The van der Waals surface area contributed by atoms with Crippen LogP contribution >= 0.6 is 0 Å². The molecule has 0 aromatic carbocycles. The van der Waals surface area contributed by atoms with Crippen molar-refractivity contribution in [1.82, 2.24) is 16.0 Å². The second-order valence-electron chi connectivity index (χ2n) is 16.0. The number of aliphatic carboxylic acids is 2. The van der Waals surface area contributed by atoms with Crippen LogP contribution in [0.3, 0.4) is 0 Å². The van der Waals surface area contributed by atoms with E-state index < -0.39 is 54.1 Å². The summed E-state index contributed by atoms with van der Waals surface area (Å²) in [7, 11) is 0. The average molecular weight is 979 g/mol. The second-order valence-corrected chi connectivity index (χ2v) is 16.0. The molecule has 0 spiro atoms. The first-order valence-electron chi connectivity index (χ1n) is 23.3. The number of nitrogens with zero attached hydrogens (tertiary/aromatic N) is 2.